The van der Waals surface area contributed by atoms with Gasteiger partial charge in [-0.1, -0.05) is 54.9 Å². The van der Waals surface area contributed by atoms with Gasteiger partial charge in [-0.15, -0.1) is 5.10 Å². The molecule has 0 aliphatic carbocycles. The van der Waals surface area contributed by atoms with Gasteiger partial charge in [-0.25, -0.2) is 0 Å². The van der Waals surface area contributed by atoms with Gasteiger partial charge in [0.05, 0.1) is 5.71 Å². The van der Waals surface area contributed by atoms with Crippen molar-refractivity contribution < 1.29 is 0 Å². The van der Waals surface area contributed by atoms with E-state index in [1.165, 1.54) is 31.2 Å². The van der Waals surface area contributed by atoms with Crippen LogP contribution in [0, 0.1) is 0 Å². The van der Waals surface area contributed by atoms with Crippen molar-refractivity contribution in [3.63, 3.8) is 0 Å². The van der Waals surface area contributed by atoms with Crippen molar-refractivity contribution in [1.29, 1.82) is 0 Å². The molecule has 0 unspecified atom stereocenters. The molecule has 2 aliphatic heterocycles. The summed E-state index contributed by atoms with van der Waals surface area (Å²) in [5, 5.41) is 9.99. The van der Waals surface area contributed by atoms with E-state index in [-0.39, 0.29) is 0 Å². The Hall–Kier alpha value is -1.29. The fourth-order valence-electron chi connectivity index (χ4n) is 2.48. The highest BCUT2D eigenvalue weighted by atomic mass is 32.2. The average molecular weight is 273 g/mol. The smallest absolute Gasteiger partial charge is 0.186 e. The van der Waals surface area contributed by atoms with Crippen LogP contribution in [0.15, 0.2) is 40.5 Å². The molecule has 0 aromatic heterocycles. The molecule has 100 valence electrons. The van der Waals surface area contributed by atoms with E-state index in [1.807, 2.05) is 17.8 Å². The van der Waals surface area contributed by atoms with Crippen LogP contribution in [-0.2, 0) is 0 Å². The lowest BCUT2D eigenvalue weighted by Crippen LogP contribution is -2.31. The number of amidine groups is 1. The third-order valence-electron chi connectivity index (χ3n) is 3.58. The first-order chi connectivity index (χ1) is 9.43. The zero-order chi connectivity index (χ0) is 12.9. The summed E-state index contributed by atoms with van der Waals surface area (Å²) in [7, 11) is 0. The second kappa shape index (κ2) is 6.24. The molecule has 1 aromatic rings. The Morgan fingerprint density at radius 3 is 2.26 bits per heavy atom. The maximum absolute atomic E-state index is 4.45. The van der Waals surface area contributed by atoms with E-state index < -0.39 is 0 Å². The molecule has 1 fully saturated rings. The number of hydrogen-bond acceptors (Lipinski definition) is 4. The lowest BCUT2D eigenvalue weighted by molar-refractivity contribution is 0.442. The summed E-state index contributed by atoms with van der Waals surface area (Å²) in [4.78, 5) is 2.41. The Kier molecular flexibility index (Phi) is 4.18. The first-order valence-corrected chi connectivity index (χ1v) is 8.00. The molecular weight excluding hydrogens is 254 g/mol. The van der Waals surface area contributed by atoms with Crippen LogP contribution in [0.5, 0.6) is 0 Å². The normalized spacial score (nSPS) is 20.5. The molecule has 1 aromatic carbocycles. The topological polar surface area (TPSA) is 28.0 Å². The summed E-state index contributed by atoms with van der Waals surface area (Å²) in [6, 6.07) is 10.3. The molecule has 3 nitrogen and oxygen atoms in total. The zero-order valence-electron chi connectivity index (χ0n) is 11.1. The number of hydrogen-bond donors (Lipinski definition) is 0. The fourth-order valence-corrected chi connectivity index (χ4v) is 3.44. The third kappa shape index (κ3) is 3.18. The molecule has 0 radical (unpaired) electrons. The van der Waals surface area contributed by atoms with E-state index in [1.54, 1.807) is 0 Å². The van der Waals surface area contributed by atoms with Crippen molar-refractivity contribution in [2.24, 2.45) is 10.2 Å². The highest BCUT2D eigenvalue weighted by molar-refractivity contribution is 8.14. The van der Waals surface area contributed by atoms with E-state index in [0.717, 1.165) is 29.7 Å². The minimum absolute atomic E-state index is 0.930. The minimum Gasteiger partial charge on any atom is -0.350 e. The summed E-state index contributed by atoms with van der Waals surface area (Å²) in [5.41, 5.74) is 2.28. The quantitative estimate of drug-likeness (QED) is 0.784. The number of benzene rings is 1. The van der Waals surface area contributed by atoms with Gasteiger partial charge in [-0.3, -0.25) is 0 Å². The summed E-state index contributed by atoms with van der Waals surface area (Å²) >= 11 is 1.83. The van der Waals surface area contributed by atoms with Gasteiger partial charge in [-0.2, -0.15) is 5.10 Å². The lowest BCUT2D eigenvalue weighted by atomic mass is 10.1. The number of nitrogens with zero attached hydrogens (tertiary/aromatic N) is 3. The first kappa shape index (κ1) is 12.7. The summed E-state index contributed by atoms with van der Waals surface area (Å²) in [6.07, 6.45) is 5.28. The van der Waals surface area contributed by atoms with Crippen LogP contribution >= 0.6 is 11.8 Å². The molecule has 2 aliphatic rings. The molecule has 0 saturated carbocycles. The Bertz CT molecular complexity index is 473. The van der Waals surface area contributed by atoms with Gasteiger partial charge in [0.1, 0.15) is 0 Å². The SMILES string of the molecule is c1ccc(C2=NN=C(N3CCCCCC3)SC2)cc1. The predicted molar refractivity (Wildman–Crippen MR) is 82.9 cm³/mol. The lowest BCUT2D eigenvalue weighted by Gasteiger charge is -2.24. The van der Waals surface area contributed by atoms with Crippen molar-refractivity contribution >= 4 is 22.6 Å². The Morgan fingerprint density at radius 2 is 1.63 bits per heavy atom. The van der Waals surface area contributed by atoms with Crippen molar-refractivity contribution in [2.45, 2.75) is 25.7 Å². The van der Waals surface area contributed by atoms with E-state index >= 15 is 0 Å². The maximum Gasteiger partial charge on any atom is 0.186 e. The summed E-state index contributed by atoms with van der Waals surface area (Å²) < 4.78 is 0. The van der Waals surface area contributed by atoms with E-state index in [2.05, 4.69) is 39.4 Å². The van der Waals surface area contributed by atoms with Crippen LogP contribution in [0.4, 0.5) is 0 Å². The average Bonchev–Trinajstić information content (AvgIpc) is 2.77. The monoisotopic (exact) mass is 273 g/mol. The zero-order valence-corrected chi connectivity index (χ0v) is 11.9. The molecule has 19 heavy (non-hydrogen) atoms. The number of rotatable bonds is 1. The van der Waals surface area contributed by atoms with Crippen LogP contribution in [-0.4, -0.2) is 34.6 Å². The van der Waals surface area contributed by atoms with Gasteiger partial charge >= 0.3 is 0 Å². The van der Waals surface area contributed by atoms with Crippen LogP contribution in [0.3, 0.4) is 0 Å². The molecular formula is C15H19N3S. The minimum atomic E-state index is 0.930. The first-order valence-electron chi connectivity index (χ1n) is 7.01. The van der Waals surface area contributed by atoms with E-state index in [4.69, 9.17) is 0 Å². The van der Waals surface area contributed by atoms with Crippen molar-refractivity contribution in [1.82, 2.24) is 4.90 Å². The van der Waals surface area contributed by atoms with Gasteiger partial charge in [0.2, 0.25) is 0 Å². The molecule has 2 heterocycles. The highest BCUT2D eigenvalue weighted by Crippen LogP contribution is 2.20. The Balaban J connectivity index is 1.73. The predicted octanol–water partition coefficient (Wildman–Crippen LogP) is 3.37. The molecule has 0 spiro atoms. The van der Waals surface area contributed by atoms with E-state index in [9.17, 15) is 0 Å². The maximum atomic E-state index is 4.45. The van der Waals surface area contributed by atoms with Gasteiger partial charge in [0.15, 0.2) is 5.17 Å². The molecule has 4 heteroatoms. The Morgan fingerprint density at radius 1 is 0.895 bits per heavy atom. The fraction of sp³-hybridized carbons (Fsp3) is 0.467. The number of thioether (sulfide) groups is 1. The van der Waals surface area contributed by atoms with Gasteiger partial charge < -0.3 is 4.90 Å². The van der Waals surface area contributed by atoms with Gasteiger partial charge in [0.25, 0.3) is 0 Å². The van der Waals surface area contributed by atoms with Crippen molar-refractivity contribution in [2.75, 3.05) is 18.8 Å². The van der Waals surface area contributed by atoms with Crippen LogP contribution in [0.25, 0.3) is 0 Å². The van der Waals surface area contributed by atoms with Gasteiger partial charge in [-0.05, 0) is 18.4 Å². The van der Waals surface area contributed by atoms with E-state index in [0.29, 0.717) is 0 Å². The molecule has 0 bridgehead atoms. The van der Waals surface area contributed by atoms with Crippen LogP contribution in [0.1, 0.15) is 31.2 Å². The van der Waals surface area contributed by atoms with Crippen LogP contribution in [0.2, 0.25) is 0 Å². The highest BCUT2D eigenvalue weighted by Gasteiger charge is 2.18. The summed E-state index contributed by atoms with van der Waals surface area (Å²) in [5.74, 6) is 0.930. The molecule has 0 atom stereocenters. The summed E-state index contributed by atoms with van der Waals surface area (Å²) in [6.45, 7) is 2.28. The second-order valence-electron chi connectivity index (χ2n) is 4.99. The standard InChI is InChI=1S/C15H19N3S/c1-2-7-11-18(10-6-1)15-17-16-14(12-19-15)13-8-4-3-5-9-13/h3-5,8-9H,1-2,6-7,10-12H2. The van der Waals surface area contributed by atoms with Crippen molar-refractivity contribution in [3.05, 3.63) is 35.9 Å². The van der Waals surface area contributed by atoms with Gasteiger partial charge in [0, 0.05) is 18.8 Å². The van der Waals surface area contributed by atoms with Crippen molar-refractivity contribution in [3.8, 4) is 0 Å². The molecule has 1 saturated heterocycles. The molecule has 0 amide bonds. The second-order valence-corrected chi connectivity index (χ2v) is 5.93. The molecule has 3 rings (SSSR count). The Labute approximate surface area is 118 Å². The largest absolute Gasteiger partial charge is 0.350 e. The van der Waals surface area contributed by atoms with Crippen LogP contribution < -0.4 is 0 Å². The number of likely N-dealkylation sites (tertiary alicyclic amines) is 1. The molecule has 0 N–H and O–H groups in total. The third-order valence-corrected chi connectivity index (χ3v) is 4.59.